The molecule has 1 amide bonds. The van der Waals surface area contributed by atoms with Crippen LogP contribution < -0.4 is 10.2 Å². The van der Waals surface area contributed by atoms with Crippen molar-refractivity contribution in [3.05, 3.63) is 58.6 Å². The van der Waals surface area contributed by atoms with Crippen LogP contribution in [0.25, 0.3) is 0 Å². The summed E-state index contributed by atoms with van der Waals surface area (Å²) in [7, 11) is 0. The van der Waals surface area contributed by atoms with Gasteiger partial charge in [0.2, 0.25) is 0 Å². The van der Waals surface area contributed by atoms with Crippen molar-refractivity contribution in [1.29, 1.82) is 0 Å². The van der Waals surface area contributed by atoms with Crippen LogP contribution in [-0.2, 0) is 0 Å². The zero-order chi connectivity index (χ0) is 16.7. The summed E-state index contributed by atoms with van der Waals surface area (Å²) in [6.45, 7) is 2.59. The third kappa shape index (κ3) is 4.72. The van der Waals surface area contributed by atoms with E-state index in [0.717, 1.165) is 6.42 Å². The monoisotopic (exact) mass is 332 g/mol. The Morgan fingerprint density at radius 2 is 2.13 bits per heavy atom. The van der Waals surface area contributed by atoms with Gasteiger partial charge in [-0.1, -0.05) is 30.7 Å². The molecule has 2 aromatic carbocycles. The zero-order valence-corrected chi connectivity index (χ0v) is 13.4. The summed E-state index contributed by atoms with van der Waals surface area (Å²) in [5.74, 6) is 0.185. The number of nitrogens with one attached hydrogen (secondary N) is 1. The molecular weight excluding hydrogens is 316 g/mol. The minimum absolute atomic E-state index is 0.0225. The van der Waals surface area contributed by atoms with Gasteiger partial charge in [-0.05, 0) is 30.7 Å². The SMILES string of the molecule is CCCOc1ccc(/C=N/NC(=O)c2ccccc2Cl)c(O)c1. The number of carbonyl (C=O) groups excluding carboxylic acids is 1. The molecule has 0 unspecified atom stereocenters. The minimum atomic E-state index is -0.422. The van der Waals surface area contributed by atoms with Crippen LogP contribution in [0.3, 0.4) is 0 Å². The first-order valence-electron chi connectivity index (χ1n) is 7.15. The zero-order valence-electron chi connectivity index (χ0n) is 12.6. The van der Waals surface area contributed by atoms with Crippen LogP contribution in [0, 0.1) is 0 Å². The smallest absolute Gasteiger partial charge is 0.272 e. The number of benzene rings is 2. The first-order chi connectivity index (χ1) is 11.1. The third-order valence-electron chi connectivity index (χ3n) is 2.96. The number of aromatic hydroxyl groups is 1. The average molecular weight is 333 g/mol. The average Bonchev–Trinajstić information content (AvgIpc) is 2.55. The summed E-state index contributed by atoms with van der Waals surface area (Å²) in [4.78, 5) is 11.9. The van der Waals surface area contributed by atoms with E-state index in [4.69, 9.17) is 16.3 Å². The molecule has 0 saturated heterocycles. The van der Waals surface area contributed by atoms with E-state index in [0.29, 0.717) is 28.5 Å². The minimum Gasteiger partial charge on any atom is -0.507 e. The molecule has 2 rings (SSSR count). The maximum atomic E-state index is 11.9. The predicted octanol–water partition coefficient (Wildman–Crippen LogP) is 3.60. The van der Waals surface area contributed by atoms with Gasteiger partial charge in [-0.2, -0.15) is 5.10 Å². The molecule has 2 N–H and O–H groups in total. The highest BCUT2D eigenvalue weighted by atomic mass is 35.5. The van der Waals surface area contributed by atoms with Gasteiger partial charge in [0.05, 0.1) is 23.4 Å². The molecule has 0 aromatic heterocycles. The lowest BCUT2D eigenvalue weighted by Gasteiger charge is -2.06. The Bertz CT molecular complexity index is 717. The fraction of sp³-hybridized carbons (Fsp3) is 0.176. The van der Waals surface area contributed by atoms with Crippen LogP contribution in [0.15, 0.2) is 47.6 Å². The lowest BCUT2D eigenvalue weighted by Crippen LogP contribution is -2.17. The van der Waals surface area contributed by atoms with Gasteiger partial charge >= 0.3 is 0 Å². The maximum absolute atomic E-state index is 11.9. The second kappa shape index (κ2) is 8.19. The highest BCUT2D eigenvalue weighted by molar-refractivity contribution is 6.33. The predicted molar refractivity (Wildman–Crippen MR) is 90.4 cm³/mol. The molecule has 0 bridgehead atoms. The summed E-state index contributed by atoms with van der Waals surface area (Å²) in [6, 6.07) is 11.6. The topological polar surface area (TPSA) is 70.9 Å². The summed E-state index contributed by atoms with van der Waals surface area (Å²) < 4.78 is 5.42. The van der Waals surface area contributed by atoms with Gasteiger partial charge in [0.25, 0.3) is 5.91 Å². The first-order valence-corrected chi connectivity index (χ1v) is 7.53. The normalized spacial score (nSPS) is 10.7. The Kier molecular flexibility index (Phi) is 6.00. The largest absolute Gasteiger partial charge is 0.507 e. The van der Waals surface area contributed by atoms with E-state index < -0.39 is 5.91 Å². The number of phenolic OH excluding ortho intramolecular Hbond substituents is 1. The van der Waals surface area contributed by atoms with E-state index in [-0.39, 0.29) is 5.75 Å². The Morgan fingerprint density at radius 1 is 1.35 bits per heavy atom. The fourth-order valence-corrected chi connectivity index (χ4v) is 2.03. The molecule has 6 heteroatoms. The highest BCUT2D eigenvalue weighted by Gasteiger charge is 2.08. The van der Waals surface area contributed by atoms with Crippen molar-refractivity contribution in [2.24, 2.45) is 5.10 Å². The van der Waals surface area contributed by atoms with Crippen LogP contribution in [0.4, 0.5) is 0 Å². The van der Waals surface area contributed by atoms with Crippen molar-refractivity contribution in [3.8, 4) is 11.5 Å². The van der Waals surface area contributed by atoms with Crippen LogP contribution in [0.1, 0.15) is 29.3 Å². The molecule has 0 radical (unpaired) electrons. The molecule has 0 fully saturated rings. The molecule has 0 aliphatic rings. The number of phenols is 1. The Morgan fingerprint density at radius 3 is 2.83 bits per heavy atom. The van der Waals surface area contributed by atoms with Crippen LogP contribution in [0.5, 0.6) is 11.5 Å². The number of ether oxygens (including phenoxy) is 1. The number of nitrogens with zero attached hydrogens (tertiary/aromatic N) is 1. The molecule has 2 aromatic rings. The molecule has 0 atom stereocenters. The Labute approximate surface area is 139 Å². The number of amides is 1. The van der Waals surface area contributed by atoms with Gasteiger partial charge in [-0.25, -0.2) is 5.43 Å². The molecule has 0 aliphatic carbocycles. The number of rotatable bonds is 6. The fourth-order valence-electron chi connectivity index (χ4n) is 1.81. The van der Waals surface area contributed by atoms with Gasteiger partial charge in [-0.15, -0.1) is 0 Å². The number of hydrazone groups is 1. The van der Waals surface area contributed by atoms with E-state index in [9.17, 15) is 9.90 Å². The van der Waals surface area contributed by atoms with Gasteiger partial charge in [0.1, 0.15) is 11.5 Å². The second-order valence-corrected chi connectivity index (χ2v) is 5.16. The van der Waals surface area contributed by atoms with E-state index in [1.807, 2.05) is 6.92 Å². The lowest BCUT2D eigenvalue weighted by atomic mass is 10.2. The van der Waals surface area contributed by atoms with E-state index in [1.54, 1.807) is 36.4 Å². The summed E-state index contributed by atoms with van der Waals surface area (Å²) in [5.41, 5.74) is 3.17. The number of halogens is 1. The standard InChI is InChI=1S/C17H17ClN2O3/c1-2-9-23-13-8-7-12(16(21)10-13)11-19-20-17(22)14-5-3-4-6-15(14)18/h3-8,10-11,21H,2,9H2,1H3,(H,20,22)/b19-11+. The van der Waals surface area contributed by atoms with Gasteiger partial charge in [0, 0.05) is 11.6 Å². The van der Waals surface area contributed by atoms with Crippen molar-refractivity contribution >= 4 is 23.7 Å². The number of carbonyl (C=O) groups is 1. The summed E-state index contributed by atoms with van der Waals surface area (Å²) in [5, 5.41) is 14.1. The van der Waals surface area contributed by atoms with E-state index >= 15 is 0 Å². The van der Waals surface area contributed by atoms with Crippen LogP contribution >= 0.6 is 11.6 Å². The molecule has 0 spiro atoms. The van der Waals surface area contributed by atoms with Crippen molar-refractivity contribution in [3.63, 3.8) is 0 Å². The van der Waals surface area contributed by atoms with Crippen molar-refractivity contribution in [1.82, 2.24) is 5.43 Å². The maximum Gasteiger partial charge on any atom is 0.272 e. The summed E-state index contributed by atoms with van der Waals surface area (Å²) >= 11 is 5.93. The molecule has 5 nitrogen and oxygen atoms in total. The van der Waals surface area contributed by atoms with Gasteiger partial charge < -0.3 is 9.84 Å². The highest BCUT2D eigenvalue weighted by Crippen LogP contribution is 2.22. The molecular formula is C17H17ClN2O3. The molecule has 0 aliphatic heterocycles. The van der Waals surface area contributed by atoms with Crippen molar-refractivity contribution in [2.75, 3.05) is 6.61 Å². The third-order valence-corrected chi connectivity index (χ3v) is 3.29. The quantitative estimate of drug-likeness (QED) is 0.627. The number of hydrogen-bond donors (Lipinski definition) is 2. The van der Waals surface area contributed by atoms with Crippen molar-refractivity contribution < 1.29 is 14.6 Å². The molecule has 0 heterocycles. The van der Waals surface area contributed by atoms with Crippen molar-refractivity contribution in [2.45, 2.75) is 13.3 Å². The van der Waals surface area contributed by atoms with Gasteiger partial charge in [-0.3, -0.25) is 4.79 Å². The lowest BCUT2D eigenvalue weighted by molar-refractivity contribution is 0.0955. The second-order valence-electron chi connectivity index (χ2n) is 4.75. The van der Waals surface area contributed by atoms with Gasteiger partial charge in [0.15, 0.2) is 0 Å². The first kappa shape index (κ1) is 16.8. The molecule has 0 saturated carbocycles. The van der Waals surface area contributed by atoms with E-state index in [1.165, 1.54) is 12.3 Å². The van der Waals surface area contributed by atoms with Crippen LogP contribution in [-0.4, -0.2) is 23.8 Å². The molecule has 23 heavy (non-hydrogen) atoms. The molecule has 120 valence electrons. The van der Waals surface area contributed by atoms with Crippen LogP contribution in [0.2, 0.25) is 5.02 Å². The number of hydrogen-bond acceptors (Lipinski definition) is 4. The Balaban J connectivity index is 2.00. The summed E-state index contributed by atoms with van der Waals surface area (Å²) in [6.07, 6.45) is 2.24. The Hall–Kier alpha value is -2.53. The van der Waals surface area contributed by atoms with E-state index in [2.05, 4.69) is 10.5 Å².